The van der Waals surface area contributed by atoms with E-state index >= 15 is 0 Å². The molecule has 0 aliphatic carbocycles. The van der Waals surface area contributed by atoms with Gasteiger partial charge in [-0.3, -0.25) is 14.9 Å². The van der Waals surface area contributed by atoms with E-state index in [9.17, 15) is 18.0 Å². The normalized spacial score (nSPS) is 20.4. The maximum atomic E-state index is 12.6. The second-order valence-electron chi connectivity index (χ2n) is 4.57. The molecule has 0 bridgehead atoms. The number of rotatable bonds is 3. The van der Waals surface area contributed by atoms with Crippen molar-refractivity contribution < 1.29 is 18.0 Å². The van der Waals surface area contributed by atoms with E-state index in [-0.39, 0.29) is 22.0 Å². The number of hydrogen-bond acceptors (Lipinski definition) is 5. The van der Waals surface area contributed by atoms with Gasteiger partial charge in [-0.2, -0.15) is 4.31 Å². The number of piperazine rings is 1. The molecule has 1 heterocycles. The van der Waals surface area contributed by atoms with Crippen molar-refractivity contribution in [3.05, 3.63) is 23.2 Å². The van der Waals surface area contributed by atoms with E-state index in [1.807, 2.05) is 0 Å². The molecule has 3 N–H and O–H groups in total. The fourth-order valence-electron chi connectivity index (χ4n) is 2.09. The summed E-state index contributed by atoms with van der Waals surface area (Å²) in [4.78, 5) is 23.1. The molecule has 9 heteroatoms. The SMILES string of the molecule is CCC1C(=O)NC(=O)CN1S(=O)(=O)c1ccc(N)c(Cl)c1. The van der Waals surface area contributed by atoms with E-state index < -0.39 is 34.4 Å². The summed E-state index contributed by atoms with van der Waals surface area (Å²) in [5.41, 5.74) is 5.79. The minimum Gasteiger partial charge on any atom is -0.398 e. The van der Waals surface area contributed by atoms with Crippen molar-refractivity contribution in [3.63, 3.8) is 0 Å². The van der Waals surface area contributed by atoms with E-state index in [1.54, 1.807) is 6.92 Å². The number of sulfonamides is 1. The molecule has 2 amide bonds. The third-order valence-corrected chi connectivity index (χ3v) is 5.36. The molecule has 1 fully saturated rings. The number of hydrogen-bond donors (Lipinski definition) is 2. The minimum absolute atomic E-state index is 0.0944. The Balaban J connectivity index is 2.47. The van der Waals surface area contributed by atoms with Crippen LogP contribution in [0.1, 0.15) is 13.3 Å². The van der Waals surface area contributed by atoms with Gasteiger partial charge >= 0.3 is 0 Å². The molecule has 7 nitrogen and oxygen atoms in total. The third kappa shape index (κ3) is 2.87. The van der Waals surface area contributed by atoms with Crippen LogP contribution in [0.25, 0.3) is 0 Å². The highest BCUT2D eigenvalue weighted by Crippen LogP contribution is 2.27. The average molecular weight is 332 g/mol. The molecule has 1 aliphatic heterocycles. The highest BCUT2D eigenvalue weighted by atomic mass is 35.5. The second-order valence-corrected chi connectivity index (χ2v) is 6.87. The first-order chi connectivity index (χ1) is 9.77. The first-order valence-corrected chi connectivity index (χ1v) is 7.99. The Morgan fingerprint density at radius 1 is 1.43 bits per heavy atom. The third-order valence-electron chi connectivity index (χ3n) is 3.18. The van der Waals surface area contributed by atoms with E-state index in [4.69, 9.17) is 17.3 Å². The Kier molecular flexibility index (Phi) is 4.22. The maximum absolute atomic E-state index is 12.6. The number of halogens is 1. The van der Waals surface area contributed by atoms with Crippen molar-refractivity contribution >= 4 is 39.1 Å². The van der Waals surface area contributed by atoms with Gasteiger partial charge in [-0.05, 0) is 24.6 Å². The van der Waals surface area contributed by atoms with Gasteiger partial charge in [0.2, 0.25) is 21.8 Å². The summed E-state index contributed by atoms with van der Waals surface area (Å²) in [6.07, 6.45) is 0.251. The summed E-state index contributed by atoms with van der Waals surface area (Å²) in [5, 5.41) is 2.22. The van der Waals surface area contributed by atoms with Gasteiger partial charge < -0.3 is 5.73 Å². The lowest BCUT2D eigenvalue weighted by Crippen LogP contribution is -2.59. The molecule has 1 atom stereocenters. The Morgan fingerprint density at radius 3 is 2.67 bits per heavy atom. The van der Waals surface area contributed by atoms with Crippen LogP contribution in [-0.4, -0.2) is 37.1 Å². The van der Waals surface area contributed by atoms with Crippen molar-refractivity contribution in [3.8, 4) is 0 Å². The van der Waals surface area contributed by atoms with Gasteiger partial charge in [-0.15, -0.1) is 0 Å². The number of nitrogens with two attached hydrogens (primary N) is 1. The summed E-state index contributed by atoms with van der Waals surface area (Å²) in [5.74, 6) is -1.28. The minimum atomic E-state index is -4.02. The average Bonchev–Trinajstić information content (AvgIpc) is 2.41. The lowest BCUT2D eigenvalue weighted by atomic mass is 10.2. The molecule has 1 aliphatic rings. The van der Waals surface area contributed by atoms with Gasteiger partial charge in [0.25, 0.3) is 0 Å². The van der Waals surface area contributed by atoms with Crippen LogP contribution in [-0.2, 0) is 19.6 Å². The number of nitrogens with one attached hydrogen (secondary N) is 1. The predicted octanol–water partition coefficient (Wildman–Crippen LogP) is 0.348. The fraction of sp³-hybridized carbons (Fsp3) is 0.333. The molecular formula is C12H14ClN3O4S. The monoisotopic (exact) mass is 331 g/mol. The summed E-state index contributed by atoms with van der Waals surface area (Å²) in [6.45, 7) is 1.26. The van der Waals surface area contributed by atoms with Crippen LogP contribution in [0.4, 0.5) is 5.69 Å². The van der Waals surface area contributed by atoms with Crippen molar-refractivity contribution in [2.24, 2.45) is 0 Å². The van der Waals surface area contributed by atoms with Crippen LogP contribution in [0.15, 0.2) is 23.1 Å². The zero-order valence-corrected chi connectivity index (χ0v) is 12.7. The van der Waals surface area contributed by atoms with Crippen LogP contribution in [0.3, 0.4) is 0 Å². The topological polar surface area (TPSA) is 110 Å². The van der Waals surface area contributed by atoms with Crippen LogP contribution in [0.5, 0.6) is 0 Å². The van der Waals surface area contributed by atoms with Crippen LogP contribution in [0.2, 0.25) is 5.02 Å². The predicted molar refractivity (Wildman–Crippen MR) is 77.0 cm³/mol. The second kappa shape index (κ2) is 5.63. The highest BCUT2D eigenvalue weighted by Gasteiger charge is 2.40. The van der Waals surface area contributed by atoms with Gasteiger partial charge in [0.1, 0.15) is 6.04 Å². The van der Waals surface area contributed by atoms with Crippen molar-refractivity contribution in [1.29, 1.82) is 0 Å². The number of imide groups is 1. The van der Waals surface area contributed by atoms with Crippen molar-refractivity contribution in [2.75, 3.05) is 12.3 Å². The van der Waals surface area contributed by atoms with Gasteiger partial charge in [0, 0.05) is 0 Å². The summed E-state index contributed by atoms with van der Waals surface area (Å²) in [6, 6.07) is 2.93. The highest BCUT2D eigenvalue weighted by molar-refractivity contribution is 7.89. The molecule has 1 aromatic carbocycles. The largest absolute Gasteiger partial charge is 0.398 e. The van der Waals surface area contributed by atoms with Gasteiger partial charge in [0.15, 0.2) is 0 Å². The molecule has 114 valence electrons. The van der Waals surface area contributed by atoms with E-state index in [1.165, 1.54) is 18.2 Å². The molecule has 0 spiro atoms. The van der Waals surface area contributed by atoms with Crippen LogP contribution < -0.4 is 11.1 Å². The van der Waals surface area contributed by atoms with E-state index in [0.29, 0.717) is 0 Å². The number of nitrogen functional groups attached to an aromatic ring is 1. The lowest BCUT2D eigenvalue weighted by molar-refractivity contribution is -0.137. The zero-order chi connectivity index (χ0) is 15.8. The number of carbonyl (C=O) groups excluding carboxylic acids is 2. The van der Waals surface area contributed by atoms with E-state index in [2.05, 4.69) is 5.32 Å². The summed E-state index contributed by atoms with van der Waals surface area (Å²) >= 11 is 5.83. The smallest absolute Gasteiger partial charge is 0.245 e. The molecule has 1 aromatic rings. The number of amides is 2. The summed E-state index contributed by atoms with van der Waals surface area (Å²) in [7, 11) is -4.02. The zero-order valence-electron chi connectivity index (χ0n) is 11.2. The Bertz CT molecular complexity index is 704. The maximum Gasteiger partial charge on any atom is 0.245 e. The van der Waals surface area contributed by atoms with Gasteiger partial charge in [0.05, 0.1) is 22.2 Å². The molecule has 2 rings (SSSR count). The molecular weight excluding hydrogens is 318 g/mol. The molecule has 0 aromatic heterocycles. The first kappa shape index (κ1) is 15.7. The van der Waals surface area contributed by atoms with Crippen molar-refractivity contribution in [1.82, 2.24) is 9.62 Å². The van der Waals surface area contributed by atoms with E-state index in [0.717, 1.165) is 4.31 Å². The Labute approximate surface area is 127 Å². The number of anilines is 1. The quantitative estimate of drug-likeness (QED) is 0.613. The van der Waals surface area contributed by atoms with Gasteiger partial charge in [-0.25, -0.2) is 8.42 Å². The molecule has 1 unspecified atom stereocenters. The molecule has 21 heavy (non-hydrogen) atoms. The van der Waals surface area contributed by atoms with Crippen LogP contribution >= 0.6 is 11.6 Å². The van der Waals surface area contributed by atoms with Crippen molar-refractivity contribution in [2.45, 2.75) is 24.3 Å². The Hall–Kier alpha value is -1.64. The Morgan fingerprint density at radius 2 is 2.10 bits per heavy atom. The van der Waals surface area contributed by atoms with Crippen LogP contribution in [0, 0.1) is 0 Å². The van der Waals surface area contributed by atoms with Gasteiger partial charge in [-0.1, -0.05) is 18.5 Å². The molecule has 1 saturated heterocycles. The lowest BCUT2D eigenvalue weighted by Gasteiger charge is -2.32. The number of carbonyl (C=O) groups is 2. The molecule has 0 radical (unpaired) electrons. The standard InChI is InChI=1S/C12H14ClN3O4S/c1-2-10-12(18)15-11(17)6-16(10)21(19,20)7-3-4-9(14)8(13)5-7/h3-5,10H,2,6,14H2,1H3,(H,15,17,18). The first-order valence-electron chi connectivity index (χ1n) is 6.18. The fourth-order valence-corrected chi connectivity index (χ4v) is 3.98. The summed E-state index contributed by atoms with van der Waals surface area (Å²) < 4.78 is 26.1. The molecule has 0 saturated carbocycles. The number of benzene rings is 1. The number of nitrogens with zero attached hydrogens (tertiary/aromatic N) is 1.